The molecule has 0 aromatic heterocycles. The summed E-state index contributed by atoms with van der Waals surface area (Å²) < 4.78 is 0. The van der Waals surface area contributed by atoms with Gasteiger partial charge in [-0.25, -0.2) is 0 Å². The van der Waals surface area contributed by atoms with Crippen molar-refractivity contribution in [2.24, 2.45) is 0 Å². The van der Waals surface area contributed by atoms with Crippen LogP contribution in [-0.2, 0) is 5.75 Å². The zero-order valence-electron chi connectivity index (χ0n) is 13.1. The highest BCUT2D eigenvalue weighted by Gasteiger charge is 2.24. The zero-order valence-corrected chi connectivity index (χ0v) is 13.9. The molecule has 1 N–H and O–H groups in total. The summed E-state index contributed by atoms with van der Waals surface area (Å²) in [7, 11) is 1.88. The molecular formula is C17H26N2S. The van der Waals surface area contributed by atoms with E-state index in [-0.39, 0.29) is 5.54 Å². The lowest BCUT2D eigenvalue weighted by atomic mass is 9.93. The van der Waals surface area contributed by atoms with Crippen LogP contribution in [0.15, 0.2) is 18.2 Å². The van der Waals surface area contributed by atoms with E-state index >= 15 is 0 Å². The number of hydrogen-bond donors (Lipinski definition) is 1. The zero-order chi connectivity index (χ0) is 15.0. The number of nitriles is 1. The smallest absolute Gasteiger partial charge is 0.106 e. The highest BCUT2D eigenvalue weighted by Crippen LogP contribution is 2.20. The van der Waals surface area contributed by atoms with Gasteiger partial charge < -0.3 is 5.32 Å². The molecule has 20 heavy (non-hydrogen) atoms. The van der Waals surface area contributed by atoms with Gasteiger partial charge in [-0.15, -0.1) is 0 Å². The van der Waals surface area contributed by atoms with Gasteiger partial charge in [0.1, 0.15) is 5.54 Å². The van der Waals surface area contributed by atoms with Gasteiger partial charge in [0.2, 0.25) is 0 Å². The first-order chi connectivity index (χ1) is 9.55. The molecule has 0 radical (unpaired) electrons. The van der Waals surface area contributed by atoms with Crippen molar-refractivity contribution in [3.05, 3.63) is 34.9 Å². The van der Waals surface area contributed by atoms with Crippen LogP contribution in [0.2, 0.25) is 0 Å². The standard InChI is InChI=1S/C17H26N2S/c1-5-17(13-18,19-4)7-6-8-20-12-16-10-14(2)9-15(3)11-16/h9-11,19H,5-8,12H2,1-4H3. The quantitative estimate of drug-likeness (QED) is 0.729. The van der Waals surface area contributed by atoms with E-state index in [1.807, 2.05) is 18.8 Å². The molecule has 0 saturated carbocycles. The topological polar surface area (TPSA) is 35.8 Å². The number of aryl methyl sites for hydroxylation is 2. The predicted octanol–water partition coefficient (Wildman–Crippen LogP) is 4.21. The minimum Gasteiger partial charge on any atom is -0.302 e. The molecule has 0 bridgehead atoms. The van der Waals surface area contributed by atoms with Gasteiger partial charge in [-0.1, -0.05) is 36.2 Å². The Morgan fingerprint density at radius 3 is 2.40 bits per heavy atom. The van der Waals surface area contributed by atoms with Gasteiger partial charge in [-0.2, -0.15) is 17.0 Å². The van der Waals surface area contributed by atoms with Gasteiger partial charge >= 0.3 is 0 Å². The fourth-order valence-corrected chi connectivity index (χ4v) is 3.38. The molecule has 3 heteroatoms. The van der Waals surface area contributed by atoms with Crippen molar-refractivity contribution in [1.82, 2.24) is 5.32 Å². The maximum absolute atomic E-state index is 9.25. The largest absolute Gasteiger partial charge is 0.302 e. The van der Waals surface area contributed by atoms with Crippen molar-refractivity contribution in [2.75, 3.05) is 12.8 Å². The Kier molecular flexibility index (Phi) is 7.12. The molecule has 1 unspecified atom stereocenters. The third-order valence-corrected chi connectivity index (χ3v) is 4.85. The van der Waals surface area contributed by atoms with Crippen molar-refractivity contribution in [3.63, 3.8) is 0 Å². The third kappa shape index (κ3) is 5.19. The van der Waals surface area contributed by atoms with Crippen LogP contribution in [0, 0.1) is 25.2 Å². The van der Waals surface area contributed by atoms with Crippen LogP contribution in [0.3, 0.4) is 0 Å². The number of thioether (sulfide) groups is 1. The summed E-state index contributed by atoms with van der Waals surface area (Å²) in [4.78, 5) is 0. The molecule has 1 atom stereocenters. The SMILES string of the molecule is CCC(C#N)(CCCSCc1cc(C)cc(C)c1)NC. The average molecular weight is 290 g/mol. The first kappa shape index (κ1) is 17.1. The number of benzene rings is 1. The van der Waals surface area contributed by atoms with Gasteiger partial charge in [0.05, 0.1) is 6.07 Å². The summed E-state index contributed by atoms with van der Waals surface area (Å²) in [6.45, 7) is 6.37. The van der Waals surface area contributed by atoms with E-state index in [1.165, 1.54) is 16.7 Å². The average Bonchev–Trinajstić information content (AvgIpc) is 2.42. The van der Waals surface area contributed by atoms with Crippen molar-refractivity contribution < 1.29 is 0 Å². The second-order valence-corrected chi connectivity index (χ2v) is 6.55. The van der Waals surface area contributed by atoms with Crippen LogP contribution in [0.5, 0.6) is 0 Å². The molecule has 1 rings (SSSR count). The summed E-state index contributed by atoms with van der Waals surface area (Å²) in [6.07, 6.45) is 2.87. The van der Waals surface area contributed by atoms with Crippen molar-refractivity contribution in [3.8, 4) is 6.07 Å². The highest BCUT2D eigenvalue weighted by atomic mass is 32.2. The molecule has 2 nitrogen and oxygen atoms in total. The van der Waals surface area contributed by atoms with Crippen LogP contribution in [0.1, 0.15) is 42.9 Å². The Morgan fingerprint density at radius 2 is 1.90 bits per heavy atom. The lowest BCUT2D eigenvalue weighted by Crippen LogP contribution is -2.40. The van der Waals surface area contributed by atoms with E-state index in [4.69, 9.17) is 0 Å². The molecule has 0 aliphatic rings. The lowest BCUT2D eigenvalue weighted by molar-refractivity contribution is 0.400. The lowest BCUT2D eigenvalue weighted by Gasteiger charge is -2.24. The molecule has 0 fully saturated rings. The maximum Gasteiger partial charge on any atom is 0.106 e. The number of rotatable bonds is 8. The number of nitrogens with one attached hydrogen (secondary N) is 1. The van der Waals surface area contributed by atoms with Gasteiger partial charge in [0.25, 0.3) is 0 Å². The second kappa shape index (κ2) is 8.34. The van der Waals surface area contributed by atoms with Gasteiger partial charge in [0.15, 0.2) is 0 Å². The highest BCUT2D eigenvalue weighted by molar-refractivity contribution is 7.98. The minimum absolute atomic E-state index is 0.333. The normalized spacial score (nSPS) is 13.8. The molecular weight excluding hydrogens is 264 g/mol. The summed E-state index contributed by atoms with van der Waals surface area (Å²) in [5.41, 5.74) is 3.75. The van der Waals surface area contributed by atoms with Crippen LogP contribution >= 0.6 is 11.8 Å². The van der Waals surface area contributed by atoms with Gasteiger partial charge in [-0.3, -0.25) is 0 Å². The Morgan fingerprint density at radius 1 is 1.25 bits per heavy atom. The Balaban J connectivity index is 2.34. The monoisotopic (exact) mass is 290 g/mol. The molecule has 1 aromatic rings. The molecule has 110 valence electrons. The summed E-state index contributed by atoms with van der Waals surface area (Å²) in [5, 5.41) is 12.4. The van der Waals surface area contributed by atoms with E-state index in [0.717, 1.165) is 30.8 Å². The van der Waals surface area contributed by atoms with Gasteiger partial charge in [0, 0.05) is 5.75 Å². The molecule has 1 aromatic carbocycles. The fraction of sp³-hybridized carbons (Fsp3) is 0.588. The molecule has 0 spiro atoms. The summed E-state index contributed by atoms with van der Waals surface area (Å²) >= 11 is 1.96. The van der Waals surface area contributed by atoms with E-state index in [1.54, 1.807) is 0 Å². The number of hydrogen-bond acceptors (Lipinski definition) is 3. The van der Waals surface area contributed by atoms with Crippen molar-refractivity contribution in [1.29, 1.82) is 5.26 Å². The maximum atomic E-state index is 9.25. The van der Waals surface area contributed by atoms with Gasteiger partial charge in [-0.05, 0) is 51.5 Å². The fourth-order valence-electron chi connectivity index (χ4n) is 2.49. The number of nitrogens with zero attached hydrogens (tertiary/aromatic N) is 1. The minimum atomic E-state index is -0.333. The first-order valence-electron chi connectivity index (χ1n) is 7.30. The van der Waals surface area contributed by atoms with Crippen LogP contribution < -0.4 is 5.32 Å². The van der Waals surface area contributed by atoms with E-state index in [0.29, 0.717) is 0 Å². The summed E-state index contributed by atoms with van der Waals surface area (Å²) in [5.74, 6) is 2.17. The van der Waals surface area contributed by atoms with E-state index in [9.17, 15) is 5.26 Å². The summed E-state index contributed by atoms with van der Waals surface area (Å²) in [6, 6.07) is 9.16. The van der Waals surface area contributed by atoms with Crippen LogP contribution in [0.4, 0.5) is 0 Å². The Bertz CT molecular complexity index is 438. The molecule has 0 heterocycles. The van der Waals surface area contributed by atoms with Crippen LogP contribution in [0.25, 0.3) is 0 Å². The first-order valence-corrected chi connectivity index (χ1v) is 8.46. The molecule has 0 aliphatic carbocycles. The molecule has 0 saturated heterocycles. The molecule has 0 amide bonds. The predicted molar refractivity (Wildman–Crippen MR) is 89.0 cm³/mol. The van der Waals surface area contributed by atoms with Crippen molar-refractivity contribution in [2.45, 2.75) is 51.3 Å². The van der Waals surface area contributed by atoms with Crippen molar-refractivity contribution >= 4 is 11.8 Å². The molecule has 0 aliphatic heterocycles. The van der Waals surface area contributed by atoms with E-state index in [2.05, 4.69) is 50.4 Å². The van der Waals surface area contributed by atoms with E-state index < -0.39 is 0 Å². The van der Waals surface area contributed by atoms with Crippen LogP contribution in [-0.4, -0.2) is 18.3 Å². The Hall–Kier alpha value is -0.980. The Labute approximate surface area is 128 Å². The third-order valence-electron chi connectivity index (χ3n) is 3.74. The second-order valence-electron chi connectivity index (χ2n) is 5.45.